The first-order valence-corrected chi connectivity index (χ1v) is 9.63. The number of carbonyl (C=O) groups is 2. The van der Waals surface area contributed by atoms with Gasteiger partial charge >= 0.3 is 5.97 Å². The lowest BCUT2D eigenvalue weighted by atomic mass is 10.2. The molecule has 10 heteroatoms. The van der Waals surface area contributed by atoms with Crippen molar-refractivity contribution >= 4 is 46.6 Å². The van der Waals surface area contributed by atoms with Crippen LogP contribution in [0.2, 0.25) is 5.02 Å². The van der Waals surface area contributed by atoms with E-state index in [9.17, 15) is 14.0 Å². The average molecular weight is 436 g/mol. The van der Waals surface area contributed by atoms with E-state index < -0.39 is 17.1 Å². The zero-order valence-electron chi connectivity index (χ0n) is 14.8. The average Bonchev–Trinajstić information content (AvgIpc) is 3.01. The smallest absolute Gasteiger partial charge is 0.305 e. The number of rotatable bonds is 7. The minimum absolute atomic E-state index is 0.216. The van der Waals surface area contributed by atoms with E-state index in [4.69, 9.17) is 21.4 Å². The molecule has 0 saturated carbocycles. The second-order valence-electron chi connectivity index (χ2n) is 5.94. The summed E-state index contributed by atoms with van der Waals surface area (Å²) in [6.45, 7) is 0.222. The lowest BCUT2D eigenvalue weighted by Gasteiger charge is -2.09. The van der Waals surface area contributed by atoms with Crippen LogP contribution < -0.4 is 10.1 Å². The lowest BCUT2D eigenvalue weighted by molar-refractivity contribution is -0.138. The number of hydrogen-bond donors (Lipinski definition) is 2. The summed E-state index contributed by atoms with van der Waals surface area (Å²) in [5.74, 6) is -1.31. The Balaban J connectivity index is 1.68. The Bertz CT molecular complexity index is 982. The van der Waals surface area contributed by atoms with Crippen LogP contribution in [-0.4, -0.2) is 33.6 Å². The highest BCUT2D eigenvalue weighted by molar-refractivity contribution is 8.15. The summed E-state index contributed by atoms with van der Waals surface area (Å²) in [5, 5.41) is 19.1. The Labute approximate surface area is 174 Å². The van der Waals surface area contributed by atoms with Gasteiger partial charge in [0, 0.05) is 10.6 Å². The van der Waals surface area contributed by atoms with Gasteiger partial charge in [-0.2, -0.15) is 5.10 Å². The van der Waals surface area contributed by atoms with E-state index in [0.29, 0.717) is 16.3 Å². The molecule has 1 amide bonds. The molecular weight excluding hydrogens is 421 g/mol. The number of nitrogens with zero attached hydrogens (tertiary/aromatic N) is 2. The van der Waals surface area contributed by atoms with Gasteiger partial charge in [0.1, 0.15) is 23.4 Å². The van der Waals surface area contributed by atoms with Crippen molar-refractivity contribution in [2.45, 2.75) is 18.3 Å². The number of carboxylic acid groups (broad SMARTS) is 1. The van der Waals surface area contributed by atoms with Crippen LogP contribution in [0.5, 0.6) is 5.75 Å². The summed E-state index contributed by atoms with van der Waals surface area (Å²) in [4.78, 5) is 22.5. The van der Waals surface area contributed by atoms with E-state index in [-0.39, 0.29) is 24.0 Å². The van der Waals surface area contributed by atoms with E-state index >= 15 is 0 Å². The first-order chi connectivity index (χ1) is 13.9. The van der Waals surface area contributed by atoms with Crippen LogP contribution in [0.4, 0.5) is 4.39 Å². The third kappa shape index (κ3) is 6.03. The minimum atomic E-state index is -1.07. The molecule has 2 N–H and O–H groups in total. The maximum absolute atomic E-state index is 13.0. The van der Waals surface area contributed by atoms with Gasteiger partial charge in [0.2, 0.25) is 5.91 Å². The number of carbonyl (C=O) groups excluding carboxylic acids is 1. The number of amidine groups is 1. The van der Waals surface area contributed by atoms with Gasteiger partial charge in [0.25, 0.3) is 0 Å². The van der Waals surface area contributed by atoms with Gasteiger partial charge in [0.15, 0.2) is 5.17 Å². The van der Waals surface area contributed by atoms with Crippen molar-refractivity contribution in [1.29, 1.82) is 0 Å². The molecule has 0 aromatic heterocycles. The highest BCUT2D eigenvalue weighted by atomic mass is 35.5. The fourth-order valence-electron chi connectivity index (χ4n) is 2.38. The van der Waals surface area contributed by atoms with Gasteiger partial charge < -0.3 is 15.2 Å². The Morgan fingerprint density at radius 3 is 2.79 bits per heavy atom. The molecule has 1 aliphatic heterocycles. The molecule has 0 radical (unpaired) electrons. The molecule has 1 aliphatic rings. The van der Waals surface area contributed by atoms with E-state index in [1.165, 1.54) is 18.3 Å². The second kappa shape index (κ2) is 9.53. The van der Waals surface area contributed by atoms with E-state index in [0.717, 1.165) is 17.3 Å². The highest BCUT2D eigenvalue weighted by Crippen LogP contribution is 2.24. The molecule has 2 aromatic rings. The number of ether oxygens (including phenoxy) is 1. The second-order valence-corrected chi connectivity index (χ2v) is 7.57. The summed E-state index contributed by atoms with van der Waals surface area (Å²) >= 11 is 7.04. The molecule has 3 rings (SSSR count). The van der Waals surface area contributed by atoms with E-state index in [2.05, 4.69) is 15.5 Å². The molecule has 1 unspecified atom stereocenters. The molecule has 2 aromatic carbocycles. The minimum Gasteiger partial charge on any atom is -0.488 e. The Kier molecular flexibility index (Phi) is 6.84. The number of carboxylic acids is 1. The SMILES string of the molecule is O=C(O)CC1SC(=NN=Cc2cc(Cl)ccc2OCc2ccc(F)cc2)NC1=O. The largest absolute Gasteiger partial charge is 0.488 e. The van der Waals surface area contributed by atoms with Gasteiger partial charge in [-0.25, -0.2) is 4.39 Å². The fourth-order valence-corrected chi connectivity index (χ4v) is 3.48. The molecule has 0 bridgehead atoms. The van der Waals surface area contributed by atoms with Crippen LogP contribution in [-0.2, 0) is 16.2 Å². The van der Waals surface area contributed by atoms with Gasteiger partial charge in [-0.3, -0.25) is 9.59 Å². The normalized spacial score (nSPS) is 17.7. The van der Waals surface area contributed by atoms with Gasteiger partial charge in [-0.1, -0.05) is 35.5 Å². The number of halogens is 2. The number of nitrogens with one attached hydrogen (secondary N) is 1. The van der Waals surface area contributed by atoms with Gasteiger partial charge in [-0.05, 0) is 35.9 Å². The summed E-state index contributed by atoms with van der Waals surface area (Å²) in [6.07, 6.45) is 1.12. The monoisotopic (exact) mass is 435 g/mol. The van der Waals surface area contributed by atoms with Crippen LogP contribution >= 0.6 is 23.4 Å². The number of aliphatic carboxylic acids is 1. The molecule has 1 heterocycles. The van der Waals surface area contributed by atoms with Crippen molar-refractivity contribution in [2.75, 3.05) is 0 Å². The molecule has 1 fully saturated rings. The quantitative estimate of drug-likeness (QED) is 0.512. The van der Waals surface area contributed by atoms with Crippen LogP contribution in [0.25, 0.3) is 0 Å². The lowest BCUT2D eigenvalue weighted by Crippen LogP contribution is -2.26. The zero-order chi connectivity index (χ0) is 20.8. The molecular formula is C19H15ClFN3O4S. The number of hydrogen-bond acceptors (Lipinski definition) is 6. The summed E-state index contributed by atoms with van der Waals surface area (Å²) in [7, 11) is 0. The third-order valence-electron chi connectivity index (χ3n) is 3.76. The maximum Gasteiger partial charge on any atom is 0.305 e. The molecule has 0 spiro atoms. The van der Waals surface area contributed by atoms with Crippen LogP contribution in [0.1, 0.15) is 17.5 Å². The Morgan fingerprint density at radius 2 is 2.07 bits per heavy atom. The van der Waals surface area contributed by atoms with Crippen molar-refractivity contribution in [3.8, 4) is 5.75 Å². The van der Waals surface area contributed by atoms with Crippen molar-refractivity contribution in [1.82, 2.24) is 5.32 Å². The summed E-state index contributed by atoms with van der Waals surface area (Å²) < 4.78 is 18.8. The van der Waals surface area contributed by atoms with Crippen molar-refractivity contribution in [3.63, 3.8) is 0 Å². The van der Waals surface area contributed by atoms with Crippen LogP contribution in [0, 0.1) is 5.82 Å². The predicted molar refractivity (Wildman–Crippen MR) is 109 cm³/mol. The van der Waals surface area contributed by atoms with E-state index in [1.807, 2.05) is 0 Å². The highest BCUT2D eigenvalue weighted by Gasteiger charge is 2.32. The topological polar surface area (TPSA) is 100 Å². The van der Waals surface area contributed by atoms with Gasteiger partial charge in [0.05, 0.1) is 12.6 Å². The van der Waals surface area contributed by atoms with Crippen molar-refractivity contribution < 1.29 is 23.8 Å². The summed E-state index contributed by atoms with van der Waals surface area (Å²) in [6, 6.07) is 10.9. The molecule has 7 nitrogen and oxygen atoms in total. The van der Waals surface area contributed by atoms with Gasteiger partial charge in [-0.15, -0.1) is 5.10 Å². The predicted octanol–water partition coefficient (Wildman–Crippen LogP) is 3.45. The van der Waals surface area contributed by atoms with Crippen molar-refractivity contribution in [2.24, 2.45) is 10.2 Å². The van der Waals surface area contributed by atoms with E-state index in [1.54, 1.807) is 30.3 Å². The molecule has 29 heavy (non-hydrogen) atoms. The maximum atomic E-state index is 13.0. The van der Waals surface area contributed by atoms with Crippen LogP contribution in [0.3, 0.4) is 0 Å². The molecule has 1 saturated heterocycles. The Morgan fingerprint density at radius 1 is 1.31 bits per heavy atom. The standard InChI is InChI=1S/C19H15ClFN3O4S/c20-13-3-6-15(28-10-11-1-4-14(21)5-2-11)12(7-13)9-22-24-19-23-18(27)16(29-19)8-17(25)26/h1-7,9,16H,8,10H2,(H,25,26)(H,23,24,27). The number of amides is 1. The number of benzene rings is 2. The summed E-state index contributed by atoms with van der Waals surface area (Å²) in [5.41, 5.74) is 1.35. The first kappa shape index (κ1) is 20.8. The number of thioether (sulfide) groups is 1. The first-order valence-electron chi connectivity index (χ1n) is 8.38. The zero-order valence-corrected chi connectivity index (χ0v) is 16.4. The van der Waals surface area contributed by atoms with Crippen molar-refractivity contribution in [3.05, 3.63) is 64.4 Å². The molecule has 1 atom stereocenters. The molecule has 0 aliphatic carbocycles. The van der Waals surface area contributed by atoms with Crippen LogP contribution in [0.15, 0.2) is 52.7 Å². The fraction of sp³-hybridized carbons (Fsp3) is 0.158. The Hall–Kier alpha value is -2.91. The molecule has 150 valence electrons. The third-order valence-corrected chi connectivity index (χ3v) is 5.07.